The van der Waals surface area contributed by atoms with Crippen molar-refractivity contribution in [3.05, 3.63) is 0 Å². The maximum Gasteiger partial charge on any atom is 0.211 e. The van der Waals surface area contributed by atoms with E-state index in [2.05, 4.69) is 10.2 Å². The van der Waals surface area contributed by atoms with Crippen LogP contribution in [-0.4, -0.2) is 82.4 Å². The Balaban J connectivity index is 1.55. The fourth-order valence-electron chi connectivity index (χ4n) is 2.79. The van der Waals surface area contributed by atoms with Crippen molar-refractivity contribution in [1.82, 2.24) is 14.5 Å². The minimum Gasteiger partial charge on any atom is -0.378 e. The Hall–Kier alpha value is -0.210. The van der Waals surface area contributed by atoms with Gasteiger partial charge in [0.1, 0.15) is 0 Å². The van der Waals surface area contributed by atoms with Gasteiger partial charge in [0, 0.05) is 39.3 Å². The van der Waals surface area contributed by atoms with E-state index in [0.717, 1.165) is 58.6 Å². The quantitative estimate of drug-likeness (QED) is 0.684. The summed E-state index contributed by atoms with van der Waals surface area (Å²) in [4.78, 5) is 2.33. The smallest absolute Gasteiger partial charge is 0.211 e. The van der Waals surface area contributed by atoms with E-state index in [1.807, 2.05) is 0 Å². The molecular weight excluding hydrogens is 278 g/mol. The van der Waals surface area contributed by atoms with Crippen molar-refractivity contribution in [2.45, 2.75) is 25.4 Å². The molecule has 0 aromatic heterocycles. The monoisotopic (exact) mass is 305 g/mol. The number of hydrogen-bond donors (Lipinski definition) is 1. The molecule has 118 valence electrons. The zero-order chi connectivity index (χ0) is 14.4. The zero-order valence-electron chi connectivity index (χ0n) is 12.4. The van der Waals surface area contributed by atoms with E-state index in [1.165, 1.54) is 6.26 Å². The first-order chi connectivity index (χ1) is 9.55. The molecule has 0 aromatic carbocycles. The van der Waals surface area contributed by atoms with Crippen LogP contribution in [0.25, 0.3) is 0 Å². The molecule has 2 heterocycles. The molecule has 2 rings (SSSR count). The van der Waals surface area contributed by atoms with Crippen LogP contribution in [0, 0.1) is 0 Å². The molecule has 0 bridgehead atoms. The average Bonchev–Trinajstić information content (AvgIpc) is 2.44. The van der Waals surface area contributed by atoms with Gasteiger partial charge in [-0.3, -0.25) is 0 Å². The van der Waals surface area contributed by atoms with Gasteiger partial charge in [-0.15, -0.1) is 0 Å². The van der Waals surface area contributed by atoms with Gasteiger partial charge in [-0.2, -0.15) is 4.31 Å². The highest BCUT2D eigenvalue weighted by molar-refractivity contribution is 7.88. The number of ether oxygens (including phenoxy) is 1. The second kappa shape index (κ2) is 7.70. The summed E-state index contributed by atoms with van der Waals surface area (Å²) >= 11 is 0. The van der Waals surface area contributed by atoms with Crippen molar-refractivity contribution >= 4 is 10.0 Å². The lowest BCUT2D eigenvalue weighted by Crippen LogP contribution is -2.48. The SMILES string of the molecule is CS(=O)(=O)N1CCN(CCCOC2CCNCC2)CC1. The minimum atomic E-state index is -3.01. The largest absolute Gasteiger partial charge is 0.378 e. The zero-order valence-corrected chi connectivity index (χ0v) is 13.2. The molecule has 20 heavy (non-hydrogen) atoms. The van der Waals surface area contributed by atoms with Gasteiger partial charge in [-0.05, 0) is 32.4 Å². The van der Waals surface area contributed by atoms with Gasteiger partial charge in [-0.1, -0.05) is 0 Å². The predicted octanol–water partition coefficient (Wildman–Crippen LogP) is -0.278. The van der Waals surface area contributed by atoms with Gasteiger partial charge in [0.2, 0.25) is 10.0 Å². The molecule has 0 radical (unpaired) electrons. The molecule has 6 nitrogen and oxygen atoms in total. The number of piperazine rings is 1. The number of piperidine rings is 1. The molecule has 0 atom stereocenters. The Morgan fingerprint density at radius 2 is 1.80 bits per heavy atom. The summed E-state index contributed by atoms with van der Waals surface area (Å²) in [5.41, 5.74) is 0. The summed E-state index contributed by atoms with van der Waals surface area (Å²) in [7, 11) is -3.01. The molecule has 0 saturated carbocycles. The third-order valence-corrected chi connectivity index (χ3v) is 5.36. The van der Waals surface area contributed by atoms with Gasteiger partial charge in [0.15, 0.2) is 0 Å². The van der Waals surface area contributed by atoms with E-state index in [9.17, 15) is 8.42 Å². The Labute approximate surface area is 122 Å². The van der Waals surface area contributed by atoms with Gasteiger partial charge in [0.25, 0.3) is 0 Å². The van der Waals surface area contributed by atoms with Crippen molar-refractivity contribution in [2.24, 2.45) is 0 Å². The molecule has 2 fully saturated rings. The van der Waals surface area contributed by atoms with E-state index in [-0.39, 0.29) is 0 Å². The lowest BCUT2D eigenvalue weighted by Gasteiger charge is -2.33. The molecule has 0 aromatic rings. The van der Waals surface area contributed by atoms with Gasteiger partial charge >= 0.3 is 0 Å². The molecule has 0 amide bonds. The van der Waals surface area contributed by atoms with E-state index in [1.54, 1.807) is 4.31 Å². The highest BCUT2D eigenvalue weighted by Gasteiger charge is 2.22. The predicted molar refractivity (Wildman–Crippen MR) is 79.3 cm³/mol. The van der Waals surface area contributed by atoms with E-state index >= 15 is 0 Å². The number of nitrogens with zero attached hydrogens (tertiary/aromatic N) is 2. The van der Waals surface area contributed by atoms with Gasteiger partial charge < -0.3 is 15.0 Å². The van der Waals surface area contributed by atoms with Crippen LogP contribution in [-0.2, 0) is 14.8 Å². The standard InChI is InChI=1S/C13H27N3O3S/c1-20(17,18)16-10-8-15(9-11-16)7-2-12-19-13-3-5-14-6-4-13/h13-14H,2-12H2,1H3. The fraction of sp³-hybridized carbons (Fsp3) is 1.00. The molecular formula is C13H27N3O3S. The van der Waals surface area contributed by atoms with Crippen LogP contribution in [0.1, 0.15) is 19.3 Å². The first kappa shape index (κ1) is 16.2. The Bertz CT molecular complexity index is 374. The lowest BCUT2D eigenvalue weighted by atomic mass is 10.1. The Morgan fingerprint density at radius 3 is 2.40 bits per heavy atom. The molecule has 7 heteroatoms. The molecule has 2 saturated heterocycles. The van der Waals surface area contributed by atoms with Crippen molar-refractivity contribution in [1.29, 1.82) is 0 Å². The van der Waals surface area contributed by atoms with Gasteiger partial charge in [-0.25, -0.2) is 8.42 Å². The molecule has 2 aliphatic rings. The summed E-state index contributed by atoms with van der Waals surface area (Å²) in [6, 6.07) is 0. The average molecular weight is 305 g/mol. The summed E-state index contributed by atoms with van der Waals surface area (Å²) in [5, 5.41) is 3.33. The topological polar surface area (TPSA) is 61.9 Å². The summed E-state index contributed by atoms with van der Waals surface area (Å²) in [6.45, 7) is 6.86. The first-order valence-corrected chi connectivity index (χ1v) is 9.40. The van der Waals surface area contributed by atoms with Crippen LogP contribution >= 0.6 is 0 Å². The van der Waals surface area contributed by atoms with E-state index < -0.39 is 10.0 Å². The number of hydrogen-bond acceptors (Lipinski definition) is 5. The molecule has 0 aliphatic carbocycles. The van der Waals surface area contributed by atoms with Crippen LogP contribution in [0.3, 0.4) is 0 Å². The van der Waals surface area contributed by atoms with E-state index in [0.29, 0.717) is 19.2 Å². The van der Waals surface area contributed by atoms with Gasteiger partial charge in [0.05, 0.1) is 12.4 Å². The molecule has 0 unspecified atom stereocenters. The number of nitrogens with one attached hydrogen (secondary N) is 1. The molecule has 1 N–H and O–H groups in total. The van der Waals surface area contributed by atoms with Crippen molar-refractivity contribution < 1.29 is 13.2 Å². The van der Waals surface area contributed by atoms with Crippen LogP contribution in [0.15, 0.2) is 0 Å². The molecule has 0 spiro atoms. The van der Waals surface area contributed by atoms with Crippen LogP contribution in [0.4, 0.5) is 0 Å². The summed E-state index contributed by atoms with van der Waals surface area (Å²) in [5.74, 6) is 0. The number of sulfonamides is 1. The normalized spacial score (nSPS) is 24.1. The number of rotatable bonds is 6. The third-order valence-electron chi connectivity index (χ3n) is 4.06. The highest BCUT2D eigenvalue weighted by atomic mass is 32.2. The van der Waals surface area contributed by atoms with Crippen LogP contribution in [0.2, 0.25) is 0 Å². The minimum absolute atomic E-state index is 0.429. The van der Waals surface area contributed by atoms with Crippen LogP contribution in [0.5, 0.6) is 0 Å². The first-order valence-electron chi connectivity index (χ1n) is 7.55. The maximum atomic E-state index is 11.4. The van der Waals surface area contributed by atoms with Crippen molar-refractivity contribution in [2.75, 3.05) is 58.7 Å². The Morgan fingerprint density at radius 1 is 1.15 bits per heavy atom. The maximum absolute atomic E-state index is 11.4. The van der Waals surface area contributed by atoms with E-state index in [4.69, 9.17) is 4.74 Å². The second-order valence-electron chi connectivity index (χ2n) is 5.68. The van der Waals surface area contributed by atoms with Crippen molar-refractivity contribution in [3.8, 4) is 0 Å². The lowest BCUT2D eigenvalue weighted by molar-refractivity contribution is 0.0265. The molecule has 2 aliphatic heterocycles. The second-order valence-corrected chi connectivity index (χ2v) is 7.66. The van der Waals surface area contributed by atoms with Crippen LogP contribution < -0.4 is 5.32 Å². The summed E-state index contributed by atoms with van der Waals surface area (Å²) in [6.07, 6.45) is 4.98. The highest BCUT2D eigenvalue weighted by Crippen LogP contribution is 2.09. The van der Waals surface area contributed by atoms with Crippen molar-refractivity contribution in [3.63, 3.8) is 0 Å². The Kier molecular flexibility index (Phi) is 6.22. The summed E-state index contributed by atoms with van der Waals surface area (Å²) < 4.78 is 30.3. The third kappa shape index (κ3) is 5.29. The fourth-order valence-corrected chi connectivity index (χ4v) is 3.61.